The van der Waals surface area contributed by atoms with E-state index in [-0.39, 0.29) is 52.1 Å². The van der Waals surface area contributed by atoms with Crippen LogP contribution >= 0.6 is 0 Å². The number of carbonyl (C=O) groups excluding carboxylic acids is 2. The number of carboxylic acids is 2. The largest absolute Gasteiger partial charge is 0.481 e. The molecule has 2 heterocycles. The maximum atomic E-state index is 11.3. The second-order valence-corrected chi connectivity index (χ2v) is 16.8. The average Bonchev–Trinajstić information content (AvgIpc) is 3.22. The molecule has 370 valence electrons. The second-order valence-electron chi connectivity index (χ2n) is 16.8. The van der Waals surface area contributed by atoms with E-state index in [9.17, 15) is 65.1 Å². The first-order valence-electron chi connectivity index (χ1n) is 20.0. The summed E-state index contributed by atoms with van der Waals surface area (Å²) in [4.78, 5) is 42.8. The van der Waals surface area contributed by atoms with Crippen LogP contribution in [-0.4, -0.2) is 234 Å². The Morgan fingerprint density at radius 2 is 1.03 bits per heavy atom. The number of aliphatic hydroxyl groups is 11. The molecule has 17 atom stereocenters. The first-order valence-corrected chi connectivity index (χ1v) is 20.0. The lowest BCUT2D eigenvalue weighted by Crippen LogP contribution is -2.68. The molecule has 27 heteroatoms. The van der Waals surface area contributed by atoms with E-state index in [4.69, 9.17) is 62.3 Å². The van der Waals surface area contributed by atoms with E-state index in [0.29, 0.717) is 0 Å². The summed E-state index contributed by atoms with van der Waals surface area (Å²) >= 11 is 0. The highest BCUT2D eigenvalue weighted by atomic mass is 16.7. The number of carbonyl (C=O) groups is 4. The highest BCUT2D eigenvalue weighted by Crippen LogP contribution is 2.31. The number of aliphatic hydroxyl groups excluding tert-OH is 11. The molecule has 3 rings (SSSR count). The van der Waals surface area contributed by atoms with Gasteiger partial charge in [0.15, 0.2) is 12.6 Å². The topological polar surface area (TPSA) is 496 Å². The van der Waals surface area contributed by atoms with Gasteiger partial charge in [-0.3, -0.25) is 19.2 Å². The summed E-state index contributed by atoms with van der Waals surface area (Å²) < 4.78 is 22.2. The molecular weight excluding hydrogens is 852 g/mol. The average molecular weight is 923 g/mol. The molecule has 1 aliphatic carbocycles. The van der Waals surface area contributed by atoms with Crippen molar-refractivity contribution in [2.75, 3.05) is 39.5 Å². The van der Waals surface area contributed by atoms with Gasteiger partial charge in [0, 0.05) is 42.5 Å². The third-order valence-corrected chi connectivity index (χ3v) is 10.6. The fourth-order valence-electron chi connectivity index (χ4n) is 6.06. The Balaban J connectivity index is 0.000000551. The predicted octanol–water partition coefficient (Wildman–Crippen LogP) is -9.38. The van der Waals surface area contributed by atoms with Crippen LogP contribution in [0.3, 0.4) is 0 Å². The number of nitrogens with one attached hydrogen (secondary N) is 2. The van der Waals surface area contributed by atoms with Gasteiger partial charge in [-0.1, -0.05) is 27.7 Å². The number of aliphatic carboxylic acids is 2. The van der Waals surface area contributed by atoms with Gasteiger partial charge in [-0.25, -0.2) is 0 Å². The van der Waals surface area contributed by atoms with Gasteiger partial charge in [-0.2, -0.15) is 0 Å². The normalized spacial score (nSPS) is 34.5. The van der Waals surface area contributed by atoms with Gasteiger partial charge >= 0.3 is 11.9 Å². The summed E-state index contributed by atoms with van der Waals surface area (Å²) in [6.07, 6.45) is -19.6. The zero-order valence-corrected chi connectivity index (χ0v) is 35.6. The fourth-order valence-corrected chi connectivity index (χ4v) is 6.06. The summed E-state index contributed by atoms with van der Waals surface area (Å²) in [5, 5.41) is 129. The van der Waals surface area contributed by atoms with Gasteiger partial charge < -0.3 is 119 Å². The maximum absolute atomic E-state index is 11.3. The Kier molecular flexibility index (Phi) is 24.3. The summed E-state index contributed by atoms with van der Waals surface area (Å²) in [5.41, 5.74) is 21.6. The van der Waals surface area contributed by atoms with Crippen LogP contribution in [0.2, 0.25) is 0 Å². The van der Waals surface area contributed by atoms with E-state index in [1.165, 1.54) is 27.7 Å². The number of amides is 2. The molecule has 23 N–H and O–H groups in total. The number of hydrogen-bond acceptors (Lipinski definition) is 23. The predicted molar refractivity (Wildman–Crippen MR) is 212 cm³/mol. The highest BCUT2D eigenvalue weighted by Gasteiger charge is 2.51. The Morgan fingerprint density at radius 3 is 1.40 bits per heavy atom. The van der Waals surface area contributed by atoms with Crippen LogP contribution in [0.25, 0.3) is 0 Å². The lowest BCUT2D eigenvalue weighted by Gasteiger charge is -2.48. The van der Waals surface area contributed by atoms with E-state index in [1.807, 2.05) is 0 Å². The molecule has 0 aromatic rings. The Morgan fingerprint density at radius 1 is 0.635 bits per heavy atom. The van der Waals surface area contributed by atoms with Crippen molar-refractivity contribution in [2.45, 2.75) is 151 Å². The molecule has 0 unspecified atom stereocenters. The first kappa shape index (κ1) is 58.1. The van der Waals surface area contributed by atoms with E-state index in [2.05, 4.69) is 10.6 Å². The molecule has 1 saturated carbocycles. The molecule has 0 spiro atoms. The standard InChI is InChI=1S/C18H36N4O11.2C9H17NO5/c19-2-6-10(25)12(27)13(28)18(30-6)33-16-5(21)1-4(20)15(14(16)29)32-17-11(26)8(22)9(24)7(3-23)31-17;2*1-9(2,5-11)7(14)8(15)10-4-3-6(12)13/h4-18,23-29H,1-3,19-22H2;2*7,11,14H,3-5H2,1-2H3,(H,10,15)(H,12,13)/t4-,5+,6-,7-,8+,9-,10-,11-,12+,13-,14-,15+,16-,17-,18-;2*7-/m100/s1. The van der Waals surface area contributed by atoms with Crippen molar-refractivity contribution in [2.24, 2.45) is 33.8 Å². The van der Waals surface area contributed by atoms with Gasteiger partial charge in [-0.15, -0.1) is 0 Å². The fraction of sp³-hybridized carbons (Fsp3) is 0.889. The lowest BCUT2D eigenvalue weighted by atomic mass is 9.84. The number of hydrogen-bond donors (Lipinski definition) is 19. The van der Waals surface area contributed by atoms with Crippen molar-refractivity contribution < 1.29 is 105 Å². The van der Waals surface area contributed by atoms with Crippen LogP contribution in [-0.2, 0) is 38.1 Å². The van der Waals surface area contributed by atoms with Crippen molar-refractivity contribution in [1.82, 2.24) is 10.6 Å². The molecule has 27 nitrogen and oxygen atoms in total. The van der Waals surface area contributed by atoms with Gasteiger partial charge in [0.25, 0.3) is 0 Å². The second kappa shape index (κ2) is 26.3. The molecule has 0 bridgehead atoms. The first-order chi connectivity index (χ1) is 29.1. The van der Waals surface area contributed by atoms with Gasteiger partial charge in [0.05, 0.1) is 38.7 Å². The summed E-state index contributed by atoms with van der Waals surface area (Å²) in [5.74, 6) is -3.39. The highest BCUT2D eigenvalue weighted by molar-refractivity contribution is 5.82. The molecule has 2 saturated heterocycles. The molecule has 3 fully saturated rings. The monoisotopic (exact) mass is 922 g/mol. The van der Waals surface area contributed by atoms with Crippen LogP contribution in [0, 0.1) is 10.8 Å². The Bertz CT molecular complexity index is 1320. The van der Waals surface area contributed by atoms with Crippen molar-refractivity contribution in [3.63, 3.8) is 0 Å². The molecule has 2 amide bonds. The molecular formula is C36H70N6O21. The minimum atomic E-state index is -1.66. The summed E-state index contributed by atoms with van der Waals surface area (Å²) in [7, 11) is 0. The molecule has 3 aliphatic rings. The quantitative estimate of drug-likeness (QED) is 0.0607. The molecule has 63 heavy (non-hydrogen) atoms. The van der Waals surface area contributed by atoms with Crippen molar-refractivity contribution >= 4 is 23.8 Å². The van der Waals surface area contributed by atoms with Gasteiger partial charge in [-0.05, 0) is 6.42 Å². The van der Waals surface area contributed by atoms with Gasteiger partial charge in [0.1, 0.15) is 73.2 Å². The minimum Gasteiger partial charge on any atom is -0.481 e. The molecule has 0 aromatic heterocycles. The Labute approximate surface area is 362 Å². The maximum Gasteiger partial charge on any atom is 0.305 e. The molecule has 0 radical (unpaired) electrons. The van der Waals surface area contributed by atoms with E-state index in [0.717, 1.165) is 0 Å². The molecule has 2 aliphatic heterocycles. The number of carboxylic acid groups (broad SMARTS) is 2. The van der Waals surface area contributed by atoms with Crippen molar-refractivity contribution in [3.8, 4) is 0 Å². The minimum absolute atomic E-state index is 0.0350. The SMILES string of the molecule is CC(C)(CO)[C@@H](O)C(=O)NCCC(=O)O.CC(C)(CO)[C@@H](O)C(=O)NCCC(=O)O.NC[C@H]1O[C@H](O[C@H]2[C@H](O)[C@@H](O[C@H]3O[C@H](CO)[C@@H](O)[C@H](N)[C@H]3O)[C@H](N)C[C@@H]2N)[C@H](O)[C@@H](O)[C@@H]1O. The van der Waals surface area contributed by atoms with Crippen LogP contribution in [0.5, 0.6) is 0 Å². The van der Waals surface area contributed by atoms with Crippen LogP contribution < -0.4 is 33.6 Å². The Hall–Kier alpha value is -2.88. The summed E-state index contributed by atoms with van der Waals surface area (Å²) in [6.45, 7) is 4.65. The molecule has 0 aromatic carbocycles. The number of nitrogens with two attached hydrogens (primary N) is 4. The third-order valence-electron chi connectivity index (χ3n) is 10.6. The van der Waals surface area contributed by atoms with Crippen molar-refractivity contribution in [3.05, 3.63) is 0 Å². The van der Waals surface area contributed by atoms with E-state index >= 15 is 0 Å². The van der Waals surface area contributed by atoms with Gasteiger partial charge in [0.2, 0.25) is 11.8 Å². The number of rotatable bonds is 18. The zero-order valence-electron chi connectivity index (χ0n) is 35.6. The van der Waals surface area contributed by atoms with Crippen LogP contribution in [0.1, 0.15) is 47.0 Å². The third kappa shape index (κ3) is 16.8. The smallest absolute Gasteiger partial charge is 0.305 e. The van der Waals surface area contributed by atoms with Crippen molar-refractivity contribution in [1.29, 1.82) is 0 Å². The van der Waals surface area contributed by atoms with Crippen LogP contribution in [0.15, 0.2) is 0 Å². The van der Waals surface area contributed by atoms with E-state index < -0.39 is 145 Å². The zero-order chi connectivity index (χ0) is 48.7. The van der Waals surface area contributed by atoms with E-state index in [1.54, 1.807) is 0 Å². The summed E-state index contributed by atoms with van der Waals surface area (Å²) in [6, 6.07) is -2.86. The number of ether oxygens (including phenoxy) is 4. The lowest BCUT2D eigenvalue weighted by molar-refractivity contribution is -0.332. The van der Waals surface area contributed by atoms with Crippen LogP contribution in [0.4, 0.5) is 0 Å².